The molecule has 1 aromatic heterocycles. The Morgan fingerprint density at radius 3 is 2.39 bits per heavy atom. The van der Waals surface area contributed by atoms with Crippen LogP contribution in [-0.2, 0) is 0 Å². The van der Waals surface area contributed by atoms with Gasteiger partial charge in [-0.05, 0) is 49.7 Å². The molecule has 0 saturated carbocycles. The molecule has 4 rings (SSSR count). The summed E-state index contributed by atoms with van der Waals surface area (Å²) in [5, 5.41) is 8.93. The van der Waals surface area contributed by atoms with E-state index in [9.17, 15) is 4.79 Å². The lowest BCUT2D eigenvalue weighted by atomic mass is 10.2. The Morgan fingerprint density at radius 1 is 0.964 bits per heavy atom. The van der Waals surface area contributed by atoms with Crippen molar-refractivity contribution in [3.63, 3.8) is 0 Å². The fourth-order valence-corrected chi connectivity index (χ4v) is 3.71. The number of benzene rings is 2. The number of anilines is 1. The van der Waals surface area contributed by atoms with Gasteiger partial charge in [-0.3, -0.25) is 4.79 Å². The summed E-state index contributed by atoms with van der Waals surface area (Å²) in [6, 6.07) is 15.8. The van der Waals surface area contributed by atoms with Crippen molar-refractivity contribution in [2.75, 3.05) is 31.1 Å². The third-order valence-corrected chi connectivity index (χ3v) is 5.32. The Morgan fingerprint density at radius 2 is 1.68 bits per heavy atom. The van der Waals surface area contributed by atoms with Crippen LogP contribution in [0.5, 0.6) is 0 Å². The number of hydrogen-bond acceptors (Lipinski definition) is 4. The zero-order valence-corrected chi connectivity index (χ0v) is 16.7. The van der Waals surface area contributed by atoms with Crippen molar-refractivity contribution in [1.29, 1.82) is 0 Å². The van der Waals surface area contributed by atoms with E-state index >= 15 is 0 Å². The lowest BCUT2D eigenvalue weighted by molar-refractivity contribution is 0.0740. The van der Waals surface area contributed by atoms with Gasteiger partial charge in [-0.1, -0.05) is 35.0 Å². The standard InChI is InChI=1S/C21H22ClN5O/c1-15-5-3-7-18(13-15)25-9-11-26(12-10-25)21(28)20-16(2)27(24-23-20)19-8-4-6-17(22)14-19/h3-8,13-14H,9-12H2,1-2H3. The van der Waals surface area contributed by atoms with Crippen molar-refractivity contribution in [2.45, 2.75) is 13.8 Å². The van der Waals surface area contributed by atoms with Gasteiger partial charge in [0, 0.05) is 36.9 Å². The van der Waals surface area contributed by atoms with Crippen LogP contribution in [-0.4, -0.2) is 52.0 Å². The fourth-order valence-electron chi connectivity index (χ4n) is 3.52. The highest BCUT2D eigenvalue weighted by Gasteiger charge is 2.26. The summed E-state index contributed by atoms with van der Waals surface area (Å²) >= 11 is 6.07. The minimum atomic E-state index is -0.0744. The number of hydrogen-bond donors (Lipinski definition) is 0. The molecule has 3 aromatic rings. The van der Waals surface area contributed by atoms with E-state index in [1.54, 1.807) is 16.8 Å². The van der Waals surface area contributed by atoms with Crippen molar-refractivity contribution >= 4 is 23.2 Å². The first-order valence-corrected chi connectivity index (χ1v) is 9.70. The third-order valence-electron chi connectivity index (χ3n) is 5.08. The molecule has 0 atom stereocenters. The van der Waals surface area contributed by atoms with Crippen molar-refractivity contribution in [3.05, 3.63) is 70.5 Å². The number of amides is 1. The maximum absolute atomic E-state index is 13.0. The summed E-state index contributed by atoms with van der Waals surface area (Å²) in [5.41, 5.74) is 4.35. The van der Waals surface area contributed by atoms with Crippen molar-refractivity contribution in [3.8, 4) is 5.69 Å². The van der Waals surface area contributed by atoms with Crippen LogP contribution in [0.3, 0.4) is 0 Å². The van der Waals surface area contributed by atoms with E-state index in [0.29, 0.717) is 29.5 Å². The minimum Gasteiger partial charge on any atom is -0.368 e. The molecule has 7 heteroatoms. The van der Waals surface area contributed by atoms with Crippen LogP contribution in [0.25, 0.3) is 5.69 Å². The van der Waals surface area contributed by atoms with Gasteiger partial charge in [-0.2, -0.15) is 0 Å². The Labute approximate surface area is 169 Å². The second-order valence-electron chi connectivity index (χ2n) is 7.03. The number of carbonyl (C=O) groups excluding carboxylic acids is 1. The molecule has 0 aliphatic carbocycles. The summed E-state index contributed by atoms with van der Waals surface area (Å²) in [5.74, 6) is -0.0744. The molecular weight excluding hydrogens is 374 g/mol. The Hall–Kier alpha value is -2.86. The van der Waals surface area contributed by atoms with Gasteiger partial charge in [0.2, 0.25) is 0 Å². The van der Waals surface area contributed by atoms with E-state index in [2.05, 4.69) is 46.4 Å². The van der Waals surface area contributed by atoms with Gasteiger partial charge in [0.05, 0.1) is 11.4 Å². The summed E-state index contributed by atoms with van der Waals surface area (Å²) in [6.07, 6.45) is 0. The van der Waals surface area contributed by atoms with E-state index in [4.69, 9.17) is 11.6 Å². The van der Waals surface area contributed by atoms with Gasteiger partial charge in [-0.15, -0.1) is 5.10 Å². The second-order valence-corrected chi connectivity index (χ2v) is 7.47. The first kappa shape index (κ1) is 18.5. The van der Waals surface area contributed by atoms with E-state index in [1.807, 2.05) is 24.0 Å². The molecular formula is C21H22ClN5O. The number of nitrogens with zero attached hydrogens (tertiary/aromatic N) is 5. The van der Waals surface area contributed by atoms with Crippen molar-refractivity contribution in [1.82, 2.24) is 19.9 Å². The van der Waals surface area contributed by atoms with Crippen molar-refractivity contribution in [2.24, 2.45) is 0 Å². The Bertz CT molecular complexity index is 1010. The van der Waals surface area contributed by atoms with Crippen LogP contribution < -0.4 is 4.90 Å². The van der Waals surface area contributed by atoms with Gasteiger partial charge in [0.1, 0.15) is 0 Å². The summed E-state index contributed by atoms with van der Waals surface area (Å²) in [6.45, 7) is 6.88. The van der Waals surface area contributed by atoms with E-state index in [1.165, 1.54) is 11.3 Å². The van der Waals surface area contributed by atoms with E-state index < -0.39 is 0 Å². The van der Waals surface area contributed by atoms with Crippen LogP contribution >= 0.6 is 11.6 Å². The SMILES string of the molecule is Cc1cccc(N2CCN(C(=O)c3nnn(-c4cccc(Cl)c4)c3C)CC2)c1. The highest BCUT2D eigenvalue weighted by atomic mass is 35.5. The fraction of sp³-hybridized carbons (Fsp3) is 0.286. The second kappa shape index (κ2) is 7.64. The lowest BCUT2D eigenvalue weighted by Crippen LogP contribution is -2.49. The first-order chi connectivity index (χ1) is 13.5. The van der Waals surface area contributed by atoms with Crippen LogP contribution in [0, 0.1) is 13.8 Å². The maximum Gasteiger partial charge on any atom is 0.276 e. The summed E-state index contributed by atoms with van der Waals surface area (Å²) in [7, 11) is 0. The Kier molecular flexibility index (Phi) is 5.05. The molecule has 0 radical (unpaired) electrons. The van der Waals surface area contributed by atoms with Gasteiger partial charge >= 0.3 is 0 Å². The topological polar surface area (TPSA) is 54.3 Å². The smallest absolute Gasteiger partial charge is 0.276 e. The monoisotopic (exact) mass is 395 g/mol. The average Bonchev–Trinajstić information content (AvgIpc) is 3.09. The third kappa shape index (κ3) is 3.60. The van der Waals surface area contributed by atoms with Gasteiger partial charge in [-0.25, -0.2) is 4.68 Å². The molecule has 1 saturated heterocycles. The molecule has 1 aliphatic heterocycles. The zero-order valence-electron chi connectivity index (χ0n) is 16.0. The molecule has 28 heavy (non-hydrogen) atoms. The molecule has 0 spiro atoms. The van der Waals surface area contributed by atoms with Crippen LogP contribution in [0.15, 0.2) is 48.5 Å². The molecule has 2 aromatic carbocycles. The van der Waals surface area contributed by atoms with E-state index in [0.717, 1.165) is 18.8 Å². The largest absolute Gasteiger partial charge is 0.368 e. The molecule has 0 bridgehead atoms. The van der Waals surface area contributed by atoms with Crippen molar-refractivity contribution < 1.29 is 4.79 Å². The number of piperazine rings is 1. The molecule has 0 unspecified atom stereocenters. The highest BCUT2D eigenvalue weighted by Crippen LogP contribution is 2.20. The van der Waals surface area contributed by atoms with Gasteiger partial charge in [0.15, 0.2) is 5.69 Å². The number of aryl methyl sites for hydroxylation is 1. The average molecular weight is 396 g/mol. The molecule has 144 valence electrons. The van der Waals surface area contributed by atoms with Crippen LogP contribution in [0.4, 0.5) is 5.69 Å². The number of halogens is 1. The summed E-state index contributed by atoms with van der Waals surface area (Å²) in [4.78, 5) is 17.2. The van der Waals surface area contributed by atoms with Crippen LogP contribution in [0.1, 0.15) is 21.7 Å². The number of carbonyl (C=O) groups is 1. The normalized spacial score (nSPS) is 14.4. The molecule has 6 nitrogen and oxygen atoms in total. The molecule has 1 aliphatic rings. The quantitative estimate of drug-likeness (QED) is 0.681. The summed E-state index contributed by atoms with van der Waals surface area (Å²) < 4.78 is 1.65. The Balaban J connectivity index is 1.47. The molecule has 1 fully saturated rings. The van der Waals surface area contributed by atoms with Crippen LogP contribution in [0.2, 0.25) is 5.02 Å². The van der Waals surface area contributed by atoms with E-state index in [-0.39, 0.29) is 5.91 Å². The predicted octanol–water partition coefficient (Wildman–Crippen LogP) is 3.50. The minimum absolute atomic E-state index is 0.0744. The lowest BCUT2D eigenvalue weighted by Gasteiger charge is -2.36. The predicted molar refractivity (Wildman–Crippen MR) is 110 cm³/mol. The highest BCUT2D eigenvalue weighted by molar-refractivity contribution is 6.30. The number of rotatable bonds is 3. The zero-order chi connectivity index (χ0) is 19.7. The van der Waals surface area contributed by atoms with Gasteiger partial charge in [0.25, 0.3) is 5.91 Å². The molecule has 2 heterocycles. The molecule has 0 N–H and O–H groups in total. The number of aromatic nitrogens is 3. The molecule has 1 amide bonds. The first-order valence-electron chi connectivity index (χ1n) is 9.32. The van der Waals surface area contributed by atoms with Gasteiger partial charge < -0.3 is 9.80 Å². The maximum atomic E-state index is 13.0.